The Hall–Kier alpha value is -1.49. The monoisotopic (exact) mass is 263 g/mol. The van der Waals surface area contributed by atoms with Crippen LogP contribution in [0.4, 0.5) is 18.9 Å². The summed E-state index contributed by atoms with van der Waals surface area (Å²) < 4.78 is 35.9. The smallest absolute Gasteiger partial charge is 0.359 e. The lowest BCUT2D eigenvalue weighted by atomic mass is 10.2. The molecule has 0 saturated carbocycles. The molecule has 0 aliphatic carbocycles. The first kappa shape index (κ1) is 13.6. The molecule has 0 aromatic heterocycles. The van der Waals surface area contributed by atoms with E-state index >= 15 is 0 Å². The third kappa shape index (κ3) is 4.48. The first-order valence-electron chi connectivity index (χ1n) is 4.61. The quantitative estimate of drug-likeness (QED) is 0.841. The number of halogens is 4. The molecule has 1 rings (SSSR count). The molecule has 0 atom stereocenters. The SMILES string of the molecule is C/C(=C/C(=O)C(F)(F)F)Nc1ccc(Cl)cc1. The van der Waals surface area contributed by atoms with Gasteiger partial charge in [0.25, 0.3) is 5.78 Å². The first-order chi connectivity index (χ1) is 7.79. The Morgan fingerprint density at radius 1 is 1.29 bits per heavy atom. The Morgan fingerprint density at radius 3 is 2.29 bits per heavy atom. The van der Waals surface area contributed by atoms with Gasteiger partial charge in [-0.1, -0.05) is 11.6 Å². The fourth-order valence-electron chi connectivity index (χ4n) is 1.08. The van der Waals surface area contributed by atoms with Crippen molar-refractivity contribution < 1.29 is 18.0 Å². The van der Waals surface area contributed by atoms with Crippen molar-refractivity contribution in [1.29, 1.82) is 0 Å². The van der Waals surface area contributed by atoms with Crippen molar-refractivity contribution in [2.24, 2.45) is 0 Å². The standard InChI is InChI=1S/C11H9ClF3NO/c1-7(6-10(17)11(13,14)15)16-9-4-2-8(12)3-5-9/h2-6,16H,1H3/b7-6-. The highest BCUT2D eigenvalue weighted by Gasteiger charge is 2.36. The number of ketones is 1. The number of nitrogens with one attached hydrogen (secondary N) is 1. The number of hydrogen-bond donors (Lipinski definition) is 1. The summed E-state index contributed by atoms with van der Waals surface area (Å²) in [7, 11) is 0. The van der Waals surface area contributed by atoms with Gasteiger partial charge in [0, 0.05) is 22.5 Å². The van der Waals surface area contributed by atoms with E-state index in [0.717, 1.165) is 0 Å². The van der Waals surface area contributed by atoms with Crippen LogP contribution in [0.3, 0.4) is 0 Å². The maximum atomic E-state index is 12.0. The largest absolute Gasteiger partial charge is 0.454 e. The van der Waals surface area contributed by atoms with Gasteiger partial charge in [-0.25, -0.2) is 0 Å². The van der Waals surface area contributed by atoms with E-state index in [0.29, 0.717) is 16.8 Å². The summed E-state index contributed by atoms with van der Waals surface area (Å²) >= 11 is 5.65. The molecule has 0 fully saturated rings. The maximum absolute atomic E-state index is 12.0. The van der Waals surface area contributed by atoms with Crippen molar-refractivity contribution in [3.05, 3.63) is 41.1 Å². The fourth-order valence-corrected chi connectivity index (χ4v) is 1.20. The van der Waals surface area contributed by atoms with Crippen LogP contribution in [0.25, 0.3) is 0 Å². The zero-order valence-electron chi connectivity index (χ0n) is 8.81. The normalized spacial score (nSPS) is 12.4. The van der Waals surface area contributed by atoms with Crippen LogP contribution in [0.15, 0.2) is 36.0 Å². The number of carbonyl (C=O) groups is 1. The summed E-state index contributed by atoms with van der Waals surface area (Å²) in [5.74, 6) is -1.89. The average molecular weight is 264 g/mol. The summed E-state index contributed by atoms with van der Waals surface area (Å²) in [5.41, 5.74) is 0.660. The minimum Gasteiger partial charge on any atom is -0.359 e. The third-order valence-electron chi connectivity index (χ3n) is 1.81. The van der Waals surface area contributed by atoms with Gasteiger partial charge < -0.3 is 5.32 Å². The Morgan fingerprint density at radius 2 is 1.82 bits per heavy atom. The molecule has 0 saturated heterocycles. The molecule has 0 aliphatic heterocycles. The second-order valence-electron chi connectivity index (χ2n) is 3.32. The highest BCUT2D eigenvalue weighted by atomic mass is 35.5. The molecule has 0 amide bonds. The molecule has 0 heterocycles. The van der Waals surface area contributed by atoms with Crippen LogP contribution in [0.5, 0.6) is 0 Å². The molecule has 6 heteroatoms. The fraction of sp³-hybridized carbons (Fsp3) is 0.182. The van der Waals surface area contributed by atoms with Crippen LogP contribution in [0.1, 0.15) is 6.92 Å². The average Bonchev–Trinajstić information content (AvgIpc) is 2.20. The van der Waals surface area contributed by atoms with Crippen LogP contribution in [0.2, 0.25) is 5.02 Å². The van der Waals surface area contributed by atoms with Crippen LogP contribution in [0, 0.1) is 0 Å². The molecular weight excluding hydrogens is 255 g/mol. The van der Waals surface area contributed by atoms with Crippen molar-refractivity contribution in [1.82, 2.24) is 0 Å². The van der Waals surface area contributed by atoms with Gasteiger partial charge in [-0.3, -0.25) is 4.79 Å². The van der Waals surface area contributed by atoms with Crippen LogP contribution >= 0.6 is 11.6 Å². The highest BCUT2D eigenvalue weighted by Crippen LogP contribution is 2.19. The lowest BCUT2D eigenvalue weighted by molar-refractivity contribution is -0.165. The van der Waals surface area contributed by atoms with Crippen molar-refractivity contribution in [2.75, 3.05) is 5.32 Å². The predicted octanol–water partition coefficient (Wildman–Crippen LogP) is 3.79. The van der Waals surface area contributed by atoms with E-state index in [1.807, 2.05) is 0 Å². The van der Waals surface area contributed by atoms with Gasteiger partial charge in [-0.15, -0.1) is 0 Å². The number of anilines is 1. The molecule has 0 bridgehead atoms. The molecule has 17 heavy (non-hydrogen) atoms. The van der Waals surface area contributed by atoms with E-state index in [1.54, 1.807) is 24.3 Å². The van der Waals surface area contributed by atoms with Crippen LogP contribution in [-0.2, 0) is 4.79 Å². The lowest BCUT2D eigenvalue weighted by Crippen LogP contribution is -2.21. The second-order valence-corrected chi connectivity index (χ2v) is 3.76. The highest BCUT2D eigenvalue weighted by molar-refractivity contribution is 6.30. The van der Waals surface area contributed by atoms with Gasteiger partial charge in [0.15, 0.2) is 0 Å². The van der Waals surface area contributed by atoms with Gasteiger partial charge in [0.1, 0.15) is 0 Å². The number of benzene rings is 1. The minimum absolute atomic E-state index is 0.106. The molecule has 0 aliphatic rings. The molecule has 2 nitrogen and oxygen atoms in total. The van der Waals surface area contributed by atoms with Gasteiger partial charge in [-0.2, -0.15) is 13.2 Å². The molecular formula is C11H9ClF3NO. The number of hydrogen-bond acceptors (Lipinski definition) is 2. The van der Waals surface area contributed by atoms with E-state index in [2.05, 4.69) is 5.32 Å². The third-order valence-corrected chi connectivity index (χ3v) is 2.06. The Labute approximate surface area is 101 Å². The van der Waals surface area contributed by atoms with Crippen LogP contribution < -0.4 is 5.32 Å². The van der Waals surface area contributed by atoms with Crippen molar-refractivity contribution in [2.45, 2.75) is 13.1 Å². The van der Waals surface area contributed by atoms with Gasteiger partial charge in [0.2, 0.25) is 0 Å². The molecule has 1 aromatic carbocycles. The zero-order valence-corrected chi connectivity index (χ0v) is 9.56. The topological polar surface area (TPSA) is 29.1 Å². The van der Waals surface area contributed by atoms with E-state index in [1.165, 1.54) is 6.92 Å². The minimum atomic E-state index is -4.84. The Kier molecular flexibility index (Phi) is 4.17. The number of carbonyl (C=O) groups excluding carboxylic acids is 1. The van der Waals surface area contributed by atoms with Gasteiger partial charge >= 0.3 is 6.18 Å². The van der Waals surface area contributed by atoms with Gasteiger partial charge in [0.05, 0.1) is 0 Å². The van der Waals surface area contributed by atoms with E-state index in [4.69, 9.17) is 11.6 Å². The molecule has 0 spiro atoms. The Bertz CT molecular complexity index is 437. The number of rotatable bonds is 3. The molecule has 0 radical (unpaired) electrons. The summed E-state index contributed by atoms with van der Waals surface area (Å²) in [6, 6.07) is 6.36. The predicted molar refractivity (Wildman–Crippen MR) is 59.9 cm³/mol. The van der Waals surface area contributed by atoms with Crippen molar-refractivity contribution in [3.8, 4) is 0 Å². The Balaban J connectivity index is 2.72. The maximum Gasteiger partial charge on any atom is 0.454 e. The van der Waals surface area contributed by atoms with Crippen molar-refractivity contribution >= 4 is 23.1 Å². The van der Waals surface area contributed by atoms with Crippen molar-refractivity contribution in [3.63, 3.8) is 0 Å². The summed E-state index contributed by atoms with van der Waals surface area (Å²) in [5, 5.41) is 3.17. The first-order valence-corrected chi connectivity index (χ1v) is 4.99. The van der Waals surface area contributed by atoms with Gasteiger partial charge in [-0.05, 0) is 31.2 Å². The summed E-state index contributed by atoms with van der Waals surface area (Å²) in [6.07, 6.45) is -4.34. The summed E-state index contributed by atoms with van der Waals surface area (Å²) in [6.45, 7) is 1.37. The van der Waals surface area contributed by atoms with E-state index in [9.17, 15) is 18.0 Å². The van der Waals surface area contributed by atoms with E-state index in [-0.39, 0.29) is 5.70 Å². The molecule has 1 N–H and O–H groups in total. The molecule has 92 valence electrons. The molecule has 1 aromatic rings. The van der Waals surface area contributed by atoms with E-state index < -0.39 is 12.0 Å². The molecule has 0 unspecified atom stereocenters. The lowest BCUT2D eigenvalue weighted by Gasteiger charge is -2.07. The number of allylic oxidation sites excluding steroid dienone is 2. The number of alkyl halides is 3. The van der Waals surface area contributed by atoms with Crippen LogP contribution in [-0.4, -0.2) is 12.0 Å². The summed E-state index contributed by atoms with van der Waals surface area (Å²) in [4.78, 5) is 10.7. The zero-order chi connectivity index (χ0) is 13.1. The second kappa shape index (κ2) is 5.23.